The number of carbonyl (C=O) groups is 2. The maximum atomic E-state index is 12.9. The minimum absolute atomic E-state index is 0.0829. The number of rotatable bonds is 4. The van der Waals surface area contributed by atoms with Crippen LogP contribution in [0.2, 0.25) is 0 Å². The Morgan fingerprint density at radius 3 is 2.57 bits per heavy atom. The third kappa shape index (κ3) is 2.98. The Bertz CT molecular complexity index is 584. The minimum Gasteiger partial charge on any atom is -0.497 e. The molecule has 2 atom stereocenters. The zero-order valence-corrected chi connectivity index (χ0v) is 13.8. The number of nitrogens with zero attached hydrogens (tertiary/aromatic N) is 2. The van der Waals surface area contributed by atoms with Crippen LogP contribution in [0.1, 0.15) is 39.0 Å². The molecule has 0 aliphatic carbocycles. The summed E-state index contributed by atoms with van der Waals surface area (Å²) in [4.78, 5) is 28.9. The van der Waals surface area contributed by atoms with Crippen molar-refractivity contribution < 1.29 is 14.3 Å². The average Bonchev–Trinajstić information content (AvgIpc) is 2.89. The van der Waals surface area contributed by atoms with E-state index in [1.807, 2.05) is 0 Å². The first-order chi connectivity index (χ1) is 11.2. The van der Waals surface area contributed by atoms with E-state index < -0.39 is 0 Å². The number of hydrogen-bond acceptors (Lipinski definition) is 4. The van der Waals surface area contributed by atoms with Gasteiger partial charge < -0.3 is 4.74 Å². The fourth-order valence-corrected chi connectivity index (χ4v) is 3.75. The van der Waals surface area contributed by atoms with Gasteiger partial charge in [0.1, 0.15) is 5.75 Å². The molecule has 1 aromatic rings. The largest absolute Gasteiger partial charge is 0.497 e. The van der Waals surface area contributed by atoms with E-state index in [1.54, 1.807) is 31.4 Å². The predicted molar refractivity (Wildman–Crippen MR) is 88.5 cm³/mol. The van der Waals surface area contributed by atoms with Gasteiger partial charge in [0.15, 0.2) is 0 Å². The third-order valence-electron chi connectivity index (χ3n) is 5.00. The maximum Gasteiger partial charge on any atom is 0.251 e. The molecular formula is C18H24N2O3. The average molecular weight is 316 g/mol. The molecule has 2 saturated heterocycles. The Kier molecular flexibility index (Phi) is 4.66. The highest BCUT2D eigenvalue weighted by Gasteiger charge is 2.44. The van der Waals surface area contributed by atoms with Crippen LogP contribution in [0.5, 0.6) is 5.75 Å². The summed E-state index contributed by atoms with van der Waals surface area (Å²) in [5, 5.41) is 0. The number of benzene rings is 1. The first-order valence-corrected chi connectivity index (χ1v) is 8.42. The summed E-state index contributed by atoms with van der Waals surface area (Å²) >= 11 is 0. The van der Waals surface area contributed by atoms with Crippen molar-refractivity contribution in [3.8, 4) is 5.75 Å². The fourth-order valence-electron chi connectivity index (χ4n) is 3.75. The molecule has 5 heteroatoms. The number of ether oxygens (including phenoxy) is 1. The highest BCUT2D eigenvalue weighted by molar-refractivity contribution is 6.22. The molecule has 124 valence electrons. The molecule has 1 aromatic carbocycles. The molecule has 0 radical (unpaired) electrons. The van der Waals surface area contributed by atoms with Crippen LogP contribution in [-0.4, -0.2) is 42.5 Å². The Labute approximate surface area is 137 Å². The van der Waals surface area contributed by atoms with Gasteiger partial charge in [0, 0.05) is 6.04 Å². The molecule has 2 aliphatic heterocycles. The highest BCUT2D eigenvalue weighted by atomic mass is 16.5. The van der Waals surface area contributed by atoms with E-state index in [2.05, 4.69) is 11.8 Å². The summed E-state index contributed by atoms with van der Waals surface area (Å²) in [5.41, 5.74) is 0.633. The number of carbonyl (C=O) groups excluding carboxylic acids is 2. The lowest BCUT2D eigenvalue weighted by atomic mass is 9.97. The van der Waals surface area contributed by atoms with E-state index in [-0.39, 0.29) is 17.9 Å². The molecule has 0 aromatic heterocycles. The molecule has 2 aliphatic rings. The Hall–Kier alpha value is -1.88. The summed E-state index contributed by atoms with van der Waals surface area (Å²) in [6.45, 7) is 3.07. The second-order valence-corrected chi connectivity index (χ2v) is 6.28. The van der Waals surface area contributed by atoms with Gasteiger partial charge in [-0.25, -0.2) is 4.90 Å². The van der Waals surface area contributed by atoms with Crippen molar-refractivity contribution >= 4 is 17.5 Å². The maximum absolute atomic E-state index is 12.9. The number of anilines is 1. The fraction of sp³-hybridized carbons (Fsp3) is 0.556. The molecule has 2 fully saturated rings. The number of imide groups is 1. The van der Waals surface area contributed by atoms with Gasteiger partial charge in [-0.2, -0.15) is 0 Å². The van der Waals surface area contributed by atoms with Gasteiger partial charge in [0.05, 0.1) is 25.3 Å². The molecule has 0 N–H and O–H groups in total. The summed E-state index contributed by atoms with van der Waals surface area (Å²) in [6.07, 6.45) is 4.77. The van der Waals surface area contributed by atoms with E-state index in [9.17, 15) is 9.59 Å². The van der Waals surface area contributed by atoms with E-state index >= 15 is 0 Å². The van der Waals surface area contributed by atoms with Crippen molar-refractivity contribution in [3.05, 3.63) is 24.3 Å². The number of likely N-dealkylation sites (tertiary alicyclic amines) is 1. The SMILES string of the molecule is CC[C@@H]1CCCCN1[C@H]1CC(=O)N(c2ccc(OC)cc2)C1=O. The van der Waals surface area contributed by atoms with Crippen LogP contribution < -0.4 is 9.64 Å². The first-order valence-electron chi connectivity index (χ1n) is 8.42. The summed E-state index contributed by atoms with van der Waals surface area (Å²) in [6, 6.07) is 7.21. The second-order valence-electron chi connectivity index (χ2n) is 6.28. The molecule has 2 amide bonds. The summed E-state index contributed by atoms with van der Waals surface area (Å²) in [7, 11) is 1.60. The lowest BCUT2D eigenvalue weighted by molar-refractivity contribution is -0.123. The Morgan fingerprint density at radius 1 is 1.17 bits per heavy atom. The van der Waals surface area contributed by atoms with Gasteiger partial charge in [0.25, 0.3) is 5.91 Å². The van der Waals surface area contributed by atoms with Crippen LogP contribution in [0.25, 0.3) is 0 Å². The van der Waals surface area contributed by atoms with Crippen molar-refractivity contribution in [2.45, 2.75) is 51.1 Å². The molecule has 5 nitrogen and oxygen atoms in total. The standard InChI is InChI=1S/C18H24N2O3/c1-3-13-6-4-5-11-19(13)16-12-17(21)20(18(16)22)14-7-9-15(23-2)10-8-14/h7-10,13,16H,3-6,11-12H2,1-2H3/t13-,16+/m1/s1. The number of amides is 2. The van der Waals surface area contributed by atoms with Crippen LogP contribution in [0, 0.1) is 0 Å². The third-order valence-corrected chi connectivity index (χ3v) is 5.00. The zero-order valence-electron chi connectivity index (χ0n) is 13.8. The van der Waals surface area contributed by atoms with Gasteiger partial charge in [-0.05, 0) is 50.1 Å². The van der Waals surface area contributed by atoms with Crippen molar-refractivity contribution in [3.63, 3.8) is 0 Å². The lowest BCUT2D eigenvalue weighted by Crippen LogP contribution is -2.49. The number of methoxy groups -OCH3 is 1. The zero-order chi connectivity index (χ0) is 16.4. The lowest BCUT2D eigenvalue weighted by Gasteiger charge is -2.38. The van der Waals surface area contributed by atoms with E-state index in [4.69, 9.17) is 4.74 Å². The molecule has 0 unspecified atom stereocenters. The van der Waals surface area contributed by atoms with Gasteiger partial charge in [0.2, 0.25) is 5.91 Å². The molecule has 3 rings (SSSR count). The van der Waals surface area contributed by atoms with E-state index in [1.165, 1.54) is 11.3 Å². The molecule has 2 heterocycles. The van der Waals surface area contributed by atoms with E-state index in [0.717, 1.165) is 25.8 Å². The second kappa shape index (κ2) is 6.71. The smallest absolute Gasteiger partial charge is 0.251 e. The van der Waals surface area contributed by atoms with Crippen LogP contribution >= 0.6 is 0 Å². The van der Waals surface area contributed by atoms with Crippen LogP contribution in [0.3, 0.4) is 0 Å². The number of piperidine rings is 1. The Balaban J connectivity index is 1.81. The molecule has 0 spiro atoms. The Morgan fingerprint density at radius 2 is 1.91 bits per heavy atom. The molecule has 0 saturated carbocycles. The molecule has 0 bridgehead atoms. The van der Waals surface area contributed by atoms with Crippen LogP contribution in [-0.2, 0) is 9.59 Å². The number of hydrogen-bond donors (Lipinski definition) is 0. The normalized spacial score (nSPS) is 25.9. The van der Waals surface area contributed by atoms with Crippen LogP contribution in [0.15, 0.2) is 24.3 Å². The van der Waals surface area contributed by atoms with Gasteiger partial charge in [-0.15, -0.1) is 0 Å². The monoisotopic (exact) mass is 316 g/mol. The topological polar surface area (TPSA) is 49.9 Å². The first kappa shape index (κ1) is 16.0. The predicted octanol–water partition coefficient (Wildman–Crippen LogP) is 2.59. The quantitative estimate of drug-likeness (QED) is 0.801. The van der Waals surface area contributed by atoms with Gasteiger partial charge in [-0.3, -0.25) is 14.5 Å². The van der Waals surface area contributed by atoms with Gasteiger partial charge >= 0.3 is 0 Å². The van der Waals surface area contributed by atoms with Crippen molar-refractivity contribution in [2.24, 2.45) is 0 Å². The summed E-state index contributed by atoms with van der Waals surface area (Å²) in [5.74, 6) is 0.526. The molecular weight excluding hydrogens is 292 g/mol. The van der Waals surface area contributed by atoms with Crippen LogP contribution in [0.4, 0.5) is 5.69 Å². The van der Waals surface area contributed by atoms with Crippen molar-refractivity contribution in [1.82, 2.24) is 4.90 Å². The summed E-state index contributed by atoms with van der Waals surface area (Å²) < 4.78 is 5.13. The van der Waals surface area contributed by atoms with E-state index in [0.29, 0.717) is 23.9 Å². The van der Waals surface area contributed by atoms with Crippen molar-refractivity contribution in [2.75, 3.05) is 18.6 Å². The van der Waals surface area contributed by atoms with Crippen molar-refractivity contribution in [1.29, 1.82) is 0 Å². The minimum atomic E-state index is -0.296. The molecule has 23 heavy (non-hydrogen) atoms. The highest BCUT2D eigenvalue weighted by Crippen LogP contribution is 2.31. The van der Waals surface area contributed by atoms with Gasteiger partial charge in [-0.1, -0.05) is 13.3 Å².